The van der Waals surface area contributed by atoms with E-state index in [1.807, 2.05) is 12.4 Å². The first kappa shape index (κ1) is 18.6. The van der Waals surface area contributed by atoms with Gasteiger partial charge in [-0.15, -0.1) is 11.3 Å². The van der Waals surface area contributed by atoms with Crippen molar-refractivity contribution in [3.63, 3.8) is 0 Å². The molecular formula is C23H24N4S. The van der Waals surface area contributed by atoms with Crippen molar-refractivity contribution in [2.45, 2.75) is 26.2 Å². The van der Waals surface area contributed by atoms with Crippen LogP contribution in [0.4, 0.5) is 5.82 Å². The Morgan fingerprint density at radius 2 is 1.75 bits per heavy atom. The molecule has 0 radical (unpaired) electrons. The van der Waals surface area contributed by atoms with Gasteiger partial charge < -0.3 is 4.90 Å². The van der Waals surface area contributed by atoms with E-state index in [2.05, 4.69) is 82.5 Å². The van der Waals surface area contributed by atoms with Crippen molar-refractivity contribution in [1.29, 1.82) is 0 Å². The highest BCUT2D eigenvalue weighted by Crippen LogP contribution is 2.37. The van der Waals surface area contributed by atoms with Crippen LogP contribution < -0.4 is 4.90 Å². The predicted octanol–water partition coefficient (Wildman–Crippen LogP) is 5.56. The van der Waals surface area contributed by atoms with Crippen LogP contribution in [-0.4, -0.2) is 28.5 Å². The van der Waals surface area contributed by atoms with Gasteiger partial charge in [0.25, 0.3) is 0 Å². The summed E-state index contributed by atoms with van der Waals surface area (Å²) in [5.74, 6) is 1.52. The zero-order valence-corrected chi connectivity index (χ0v) is 17.3. The maximum absolute atomic E-state index is 4.63. The molecule has 0 aliphatic heterocycles. The van der Waals surface area contributed by atoms with Crippen LogP contribution in [-0.2, 0) is 6.42 Å². The molecule has 3 heterocycles. The van der Waals surface area contributed by atoms with Crippen molar-refractivity contribution in [3.8, 4) is 11.1 Å². The number of nitrogens with zero attached hydrogens (tertiary/aromatic N) is 4. The lowest BCUT2D eigenvalue weighted by Gasteiger charge is -2.19. The summed E-state index contributed by atoms with van der Waals surface area (Å²) in [6.07, 6.45) is 6.31. The number of likely N-dealkylation sites (N-methyl/N-ethyl adjacent to an activating group) is 1. The zero-order valence-electron chi connectivity index (χ0n) is 16.5. The number of fused-ring (bicyclic) bond motifs is 1. The summed E-state index contributed by atoms with van der Waals surface area (Å²) in [4.78, 5) is 16.5. The lowest BCUT2D eigenvalue weighted by atomic mass is 9.99. The van der Waals surface area contributed by atoms with Gasteiger partial charge in [0.1, 0.15) is 17.0 Å². The average Bonchev–Trinajstić information content (AvgIpc) is 3.17. The van der Waals surface area contributed by atoms with E-state index in [0.717, 1.165) is 29.0 Å². The third-order valence-corrected chi connectivity index (χ3v) is 5.97. The molecule has 3 aromatic heterocycles. The monoisotopic (exact) mass is 388 g/mol. The molecular weight excluding hydrogens is 364 g/mol. The van der Waals surface area contributed by atoms with E-state index in [9.17, 15) is 0 Å². The molecule has 1 aromatic carbocycles. The molecule has 0 saturated heterocycles. The molecule has 28 heavy (non-hydrogen) atoms. The Hall–Kier alpha value is -2.79. The van der Waals surface area contributed by atoms with E-state index in [4.69, 9.17) is 0 Å². The molecule has 0 bridgehead atoms. The van der Waals surface area contributed by atoms with Gasteiger partial charge in [-0.3, -0.25) is 4.98 Å². The van der Waals surface area contributed by atoms with E-state index in [1.54, 1.807) is 17.7 Å². The Morgan fingerprint density at radius 3 is 2.46 bits per heavy atom. The van der Waals surface area contributed by atoms with E-state index in [1.165, 1.54) is 22.3 Å². The second-order valence-corrected chi connectivity index (χ2v) is 8.19. The van der Waals surface area contributed by atoms with Crippen LogP contribution in [0.1, 0.15) is 30.9 Å². The Balaban J connectivity index is 1.66. The number of pyridine rings is 1. The van der Waals surface area contributed by atoms with Crippen molar-refractivity contribution in [2.75, 3.05) is 18.5 Å². The summed E-state index contributed by atoms with van der Waals surface area (Å²) in [6, 6.07) is 13.0. The van der Waals surface area contributed by atoms with Crippen LogP contribution in [0.2, 0.25) is 0 Å². The van der Waals surface area contributed by atoms with Gasteiger partial charge in [0.15, 0.2) is 0 Å². The second-order valence-electron chi connectivity index (χ2n) is 7.33. The van der Waals surface area contributed by atoms with Gasteiger partial charge in [-0.25, -0.2) is 9.97 Å². The summed E-state index contributed by atoms with van der Waals surface area (Å²) in [5, 5.41) is 3.34. The lowest BCUT2D eigenvalue weighted by Crippen LogP contribution is -2.21. The number of rotatable bonds is 6. The minimum atomic E-state index is 0.534. The number of aromatic nitrogens is 3. The highest BCUT2D eigenvalue weighted by Gasteiger charge is 2.16. The topological polar surface area (TPSA) is 41.9 Å². The van der Waals surface area contributed by atoms with Crippen LogP contribution in [0, 0.1) is 0 Å². The fourth-order valence-corrected chi connectivity index (χ4v) is 4.27. The molecule has 4 aromatic rings. The minimum absolute atomic E-state index is 0.534. The average molecular weight is 389 g/mol. The summed E-state index contributed by atoms with van der Waals surface area (Å²) in [5.41, 5.74) is 5.06. The first-order valence-corrected chi connectivity index (χ1v) is 10.4. The van der Waals surface area contributed by atoms with E-state index < -0.39 is 0 Å². The quantitative estimate of drug-likeness (QED) is 0.434. The Bertz CT molecular complexity index is 1060. The van der Waals surface area contributed by atoms with Gasteiger partial charge in [-0.1, -0.05) is 38.1 Å². The number of hydrogen-bond acceptors (Lipinski definition) is 5. The molecule has 142 valence electrons. The molecule has 0 aliphatic carbocycles. The van der Waals surface area contributed by atoms with E-state index in [0.29, 0.717) is 5.92 Å². The normalized spacial score (nSPS) is 11.3. The first-order chi connectivity index (χ1) is 13.6. The highest BCUT2D eigenvalue weighted by molar-refractivity contribution is 7.17. The van der Waals surface area contributed by atoms with Gasteiger partial charge in [-0.2, -0.15) is 0 Å². The zero-order chi connectivity index (χ0) is 19.5. The highest BCUT2D eigenvalue weighted by atomic mass is 32.1. The number of hydrogen-bond donors (Lipinski definition) is 0. The number of benzene rings is 1. The standard InChI is InChI=1S/C23H24N4S/c1-16(2)18-4-6-19(7-5-18)20-14-28-23-21(20)22(25-15-26-23)27(3)13-10-17-8-11-24-12-9-17/h4-9,11-12,14-16H,10,13H2,1-3H3. The molecule has 0 saturated carbocycles. The Labute approximate surface area is 169 Å². The summed E-state index contributed by atoms with van der Waals surface area (Å²) < 4.78 is 0. The molecule has 5 heteroatoms. The molecule has 0 spiro atoms. The fourth-order valence-electron chi connectivity index (χ4n) is 3.36. The molecule has 0 atom stereocenters. The van der Waals surface area contributed by atoms with Gasteiger partial charge in [0.05, 0.1) is 5.39 Å². The van der Waals surface area contributed by atoms with Crippen molar-refractivity contribution in [2.24, 2.45) is 0 Å². The largest absolute Gasteiger partial charge is 0.359 e. The summed E-state index contributed by atoms with van der Waals surface area (Å²) in [6.45, 7) is 5.33. The van der Waals surface area contributed by atoms with Crippen LogP contribution in [0.25, 0.3) is 21.3 Å². The molecule has 4 rings (SSSR count). The van der Waals surface area contributed by atoms with Gasteiger partial charge in [0.2, 0.25) is 0 Å². The number of thiophene rings is 1. The third kappa shape index (κ3) is 3.76. The van der Waals surface area contributed by atoms with Crippen molar-refractivity contribution < 1.29 is 0 Å². The molecule has 0 unspecified atom stereocenters. The smallest absolute Gasteiger partial charge is 0.141 e. The van der Waals surface area contributed by atoms with Crippen LogP contribution >= 0.6 is 11.3 Å². The van der Waals surface area contributed by atoms with Crippen LogP contribution in [0.15, 0.2) is 60.5 Å². The third-order valence-electron chi connectivity index (χ3n) is 5.09. The van der Waals surface area contributed by atoms with Gasteiger partial charge in [0, 0.05) is 36.9 Å². The SMILES string of the molecule is CC(C)c1ccc(-c2csc3ncnc(N(C)CCc4ccncc4)c23)cc1. The Morgan fingerprint density at radius 1 is 1.00 bits per heavy atom. The first-order valence-electron chi connectivity index (χ1n) is 9.56. The minimum Gasteiger partial charge on any atom is -0.359 e. The molecule has 0 fully saturated rings. The maximum atomic E-state index is 4.63. The van der Waals surface area contributed by atoms with Gasteiger partial charge >= 0.3 is 0 Å². The van der Waals surface area contributed by atoms with E-state index in [-0.39, 0.29) is 0 Å². The lowest BCUT2D eigenvalue weighted by molar-refractivity contribution is 0.861. The van der Waals surface area contributed by atoms with Crippen molar-refractivity contribution >= 4 is 27.4 Å². The maximum Gasteiger partial charge on any atom is 0.141 e. The van der Waals surface area contributed by atoms with Crippen molar-refractivity contribution in [3.05, 3.63) is 71.6 Å². The van der Waals surface area contributed by atoms with Gasteiger partial charge in [-0.05, 0) is 41.2 Å². The second kappa shape index (κ2) is 8.07. The summed E-state index contributed by atoms with van der Waals surface area (Å²) >= 11 is 1.68. The predicted molar refractivity (Wildman–Crippen MR) is 118 cm³/mol. The fraction of sp³-hybridized carbons (Fsp3) is 0.261. The molecule has 4 nitrogen and oxygen atoms in total. The van der Waals surface area contributed by atoms with Crippen LogP contribution in [0.5, 0.6) is 0 Å². The molecule has 0 aliphatic rings. The summed E-state index contributed by atoms with van der Waals surface area (Å²) in [7, 11) is 2.10. The number of anilines is 1. The van der Waals surface area contributed by atoms with Crippen molar-refractivity contribution in [1.82, 2.24) is 15.0 Å². The molecule has 0 N–H and O–H groups in total. The van der Waals surface area contributed by atoms with Crippen LogP contribution in [0.3, 0.4) is 0 Å². The molecule has 0 amide bonds. The van der Waals surface area contributed by atoms with E-state index >= 15 is 0 Å². The Kier molecular flexibility index (Phi) is 5.35.